The van der Waals surface area contributed by atoms with Gasteiger partial charge in [-0.1, -0.05) is 25.1 Å². The number of esters is 1. The van der Waals surface area contributed by atoms with Gasteiger partial charge in [-0.3, -0.25) is 4.79 Å². The van der Waals surface area contributed by atoms with Crippen molar-refractivity contribution in [2.24, 2.45) is 5.92 Å². The molecule has 0 fully saturated rings. The summed E-state index contributed by atoms with van der Waals surface area (Å²) in [6, 6.07) is 6.58. The maximum Gasteiger partial charge on any atom is 0.309 e. The minimum atomic E-state index is -0.233. The molecule has 1 N–H and O–H groups in total. The Balaban J connectivity index is 2.33. The number of ether oxygens (including phenoxy) is 1. The average Bonchev–Trinajstić information content (AvgIpc) is 2.31. The van der Waals surface area contributed by atoms with Gasteiger partial charge in [0.05, 0.1) is 12.5 Å². The minimum Gasteiger partial charge on any atom is -0.466 e. The Hall–Kier alpha value is -1.42. The normalized spacial score (nSPS) is 12.2. The average molecular weight is 239 g/mol. The zero-order valence-corrected chi connectivity index (χ0v) is 10.2. The number of carbonyl (C=O) groups excluding carboxylic acids is 1. The van der Waals surface area contributed by atoms with E-state index >= 15 is 0 Å². The first-order valence-electron chi connectivity index (χ1n) is 5.76. The van der Waals surface area contributed by atoms with E-state index in [0.29, 0.717) is 25.3 Å². The monoisotopic (exact) mass is 239 g/mol. The molecular weight excluding hydrogens is 221 g/mol. The first-order valence-corrected chi connectivity index (χ1v) is 5.76. The van der Waals surface area contributed by atoms with Crippen LogP contribution in [0.15, 0.2) is 24.3 Å². The number of benzene rings is 1. The lowest BCUT2D eigenvalue weighted by atomic mass is 10.1. The molecule has 94 valence electrons. The Morgan fingerprint density at radius 3 is 2.82 bits per heavy atom. The van der Waals surface area contributed by atoms with Crippen molar-refractivity contribution in [3.05, 3.63) is 35.6 Å². The molecule has 0 aromatic heterocycles. The summed E-state index contributed by atoms with van der Waals surface area (Å²) >= 11 is 0. The van der Waals surface area contributed by atoms with Gasteiger partial charge in [-0.15, -0.1) is 0 Å². The van der Waals surface area contributed by atoms with Crippen LogP contribution in [-0.2, 0) is 16.1 Å². The van der Waals surface area contributed by atoms with Gasteiger partial charge in [0.25, 0.3) is 0 Å². The molecule has 0 aliphatic carbocycles. The van der Waals surface area contributed by atoms with Gasteiger partial charge in [0, 0.05) is 18.7 Å². The lowest BCUT2D eigenvalue weighted by molar-refractivity contribution is -0.147. The molecule has 0 bridgehead atoms. The van der Waals surface area contributed by atoms with Crippen molar-refractivity contribution in [3.63, 3.8) is 0 Å². The van der Waals surface area contributed by atoms with Gasteiger partial charge in [0.1, 0.15) is 5.82 Å². The number of hydrogen-bond donors (Lipinski definition) is 1. The summed E-state index contributed by atoms with van der Waals surface area (Å²) < 4.78 is 18.1. The van der Waals surface area contributed by atoms with Crippen LogP contribution in [-0.4, -0.2) is 19.1 Å². The van der Waals surface area contributed by atoms with Crippen LogP contribution in [0.25, 0.3) is 0 Å². The Morgan fingerprint density at radius 2 is 2.18 bits per heavy atom. The highest BCUT2D eigenvalue weighted by Gasteiger charge is 2.13. The first-order chi connectivity index (χ1) is 8.15. The molecule has 0 aliphatic heterocycles. The van der Waals surface area contributed by atoms with E-state index < -0.39 is 0 Å². The van der Waals surface area contributed by atoms with Gasteiger partial charge in [0.2, 0.25) is 0 Å². The first kappa shape index (κ1) is 13.6. The van der Waals surface area contributed by atoms with Crippen molar-refractivity contribution in [3.8, 4) is 0 Å². The van der Waals surface area contributed by atoms with Crippen molar-refractivity contribution < 1.29 is 13.9 Å². The molecule has 4 heteroatoms. The van der Waals surface area contributed by atoms with E-state index in [-0.39, 0.29) is 17.7 Å². The van der Waals surface area contributed by atoms with E-state index in [2.05, 4.69) is 5.32 Å². The van der Waals surface area contributed by atoms with Crippen LogP contribution in [0.1, 0.15) is 19.4 Å². The van der Waals surface area contributed by atoms with Crippen LogP contribution in [0.5, 0.6) is 0 Å². The van der Waals surface area contributed by atoms with Crippen LogP contribution in [0.2, 0.25) is 0 Å². The third-order valence-electron chi connectivity index (χ3n) is 2.41. The molecule has 1 unspecified atom stereocenters. The van der Waals surface area contributed by atoms with Gasteiger partial charge < -0.3 is 10.1 Å². The molecule has 0 aliphatic rings. The molecule has 1 aromatic carbocycles. The SMILES string of the molecule is CCOC(=O)C(C)CNCc1ccccc1F. The summed E-state index contributed by atoms with van der Waals surface area (Å²) in [4.78, 5) is 11.3. The minimum absolute atomic E-state index is 0.221. The van der Waals surface area contributed by atoms with Gasteiger partial charge in [-0.05, 0) is 13.0 Å². The van der Waals surface area contributed by atoms with Crippen LogP contribution >= 0.6 is 0 Å². The molecule has 3 nitrogen and oxygen atoms in total. The van der Waals surface area contributed by atoms with Crippen LogP contribution in [0, 0.1) is 11.7 Å². The van der Waals surface area contributed by atoms with E-state index in [4.69, 9.17) is 4.74 Å². The molecular formula is C13H18FNO2. The Morgan fingerprint density at radius 1 is 1.47 bits per heavy atom. The number of halogens is 1. The van der Waals surface area contributed by atoms with Crippen molar-refractivity contribution in [2.75, 3.05) is 13.2 Å². The lowest BCUT2D eigenvalue weighted by Crippen LogP contribution is -2.27. The second-order valence-electron chi connectivity index (χ2n) is 3.88. The lowest BCUT2D eigenvalue weighted by Gasteiger charge is -2.11. The zero-order valence-electron chi connectivity index (χ0n) is 10.2. The molecule has 0 saturated carbocycles. The van der Waals surface area contributed by atoms with Crippen LogP contribution in [0.4, 0.5) is 4.39 Å². The molecule has 1 rings (SSSR count). The number of hydrogen-bond acceptors (Lipinski definition) is 3. The van der Waals surface area contributed by atoms with E-state index in [9.17, 15) is 9.18 Å². The predicted octanol–water partition coefficient (Wildman–Crippen LogP) is 2.11. The molecule has 0 amide bonds. The Labute approximate surface area is 101 Å². The van der Waals surface area contributed by atoms with Crippen LogP contribution < -0.4 is 5.32 Å². The highest BCUT2D eigenvalue weighted by atomic mass is 19.1. The standard InChI is InChI=1S/C13H18FNO2/c1-3-17-13(16)10(2)8-15-9-11-6-4-5-7-12(11)14/h4-7,10,15H,3,8-9H2,1-2H3. The topological polar surface area (TPSA) is 38.3 Å². The number of nitrogens with one attached hydrogen (secondary N) is 1. The van der Waals surface area contributed by atoms with E-state index in [1.54, 1.807) is 32.0 Å². The van der Waals surface area contributed by atoms with Crippen LogP contribution in [0.3, 0.4) is 0 Å². The van der Waals surface area contributed by atoms with E-state index in [1.165, 1.54) is 6.07 Å². The fourth-order valence-electron chi connectivity index (χ4n) is 1.43. The Bertz CT molecular complexity index is 368. The zero-order chi connectivity index (χ0) is 12.7. The summed E-state index contributed by atoms with van der Waals surface area (Å²) in [6.07, 6.45) is 0. The fraction of sp³-hybridized carbons (Fsp3) is 0.462. The molecule has 1 atom stereocenters. The van der Waals surface area contributed by atoms with Gasteiger partial charge >= 0.3 is 5.97 Å². The van der Waals surface area contributed by atoms with Crippen molar-refractivity contribution in [1.29, 1.82) is 0 Å². The second kappa shape index (κ2) is 7.01. The van der Waals surface area contributed by atoms with Crippen molar-refractivity contribution in [2.45, 2.75) is 20.4 Å². The van der Waals surface area contributed by atoms with E-state index in [1.807, 2.05) is 0 Å². The van der Waals surface area contributed by atoms with Gasteiger partial charge in [0.15, 0.2) is 0 Å². The fourth-order valence-corrected chi connectivity index (χ4v) is 1.43. The highest BCUT2D eigenvalue weighted by Crippen LogP contribution is 2.06. The van der Waals surface area contributed by atoms with Gasteiger partial charge in [-0.25, -0.2) is 4.39 Å². The Kier molecular flexibility index (Phi) is 5.63. The number of rotatable bonds is 6. The summed E-state index contributed by atoms with van der Waals surface area (Å²) in [5, 5.41) is 3.04. The third-order valence-corrected chi connectivity index (χ3v) is 2.41. The predicted molar refractivity (Wildman–Crippen MR) is 63.9 cm³/mol. The molecule has 0 saturated heterocycles. The van der Waals surface area contributed by atoms with Gasteiger partial charge in [-0.2, -0.15) is 0 Å². The highest BCUT2D eigenvalue weighted by molar-refractivity contribution is 5.72. The maximum atomic E-state index is 13.3. The van der Waals surface area contributed by atoms with Crippen molar-refractivity contribution in [1.82, 2.24) is 5.32 Å². The smallest absolute Gasteiger partial charge is 0.309 e. The maximum absolute atomic E-state index is 13.3. The summed E-state index contributed by atoms with van der Waals surface area (Å²) in [5.41, 5.74) is 0.601. The molecule has 0 spiro atoms. The summed E-state index contributed by atoms with van der Waals surface area (Å²) in [6.45, 7) is 4.84. The second-order valence-corrected chi connectivity index (χ2v) is 3.88. The molecule has 17 heavy (non-hydrogen) atoms. The van der Waals surface area contributed by atoms with E-state index in [0.717, 1.165) is 0 Å². The molecule has 0 radical (unpaired) electrons. The molecule has 1 aromatic rings. The largest absolute Gasteiger partial charge is 0.466 e. The summed E-state index contributed by atoms with van der Waals surface area (Å²) in [5.74, 6) is -0.681. The third kappa shape index (κ3) is 4.53. The van der Waals surface area contributed by atoms with Crippen molar-refractivity contribution >= 4 is 5.97 Å². The molecule has 0 heterocycles. The quantitative estimate of drug-likeness (QED) is 0.773. The number of carbonyl (C=O) groups is 1. The summed E-state index contributed by atoms with van der Waals surface area (Å²) in [7, 11) is 0.